The lowest BCUT2D eigenvalue weighted by atomic mass is 10.0. The normalized spacial score (nSPS) is 15.4. The molecule has 0 spiro atoms. The van der Waals surface area contributed by atoms with Crippen molar-refractivity contribution < 1.29 is 17.9 Å². The summed E-state index contributed by atoms with van der Waals surface area (Å²) >= 11 is 0. The van der Waals surface area contributed by atoms with E-state index in [4.69, 9.17) is 10.5 Å². The maximum Gasteiger partial charge on any atom is 0.416 e. The van der Waals surface area contributed by atoms with Crippen molar-refractivity contribution in [3.63, 3.8) is 0 Å². The number of hydrogen-bond donors (Lipinski definition) is 1. The van der Waals surface area contributed by atoms with Gasteiger partial charge in [0.1, 0.15) is 0 Å². The van der Waals surface area contributed by atoms with E-state index >= 15 is 0 Å². The zero-order chi connectivity index (χ0) is 13.8. The van der Waals surface area contributed by atoms with Crippen molar-refractivity contribution in [1.29, 1.82) is 0 Å². The summed E-state index contributed by atoms with van der Waals surface area (Å²) in [6, 6.07) is 4.97. The Labute approximate surface area is 105 Å². The minimum Gasteiger partial charge on any atom is -0.369 e. The third kappa shape index (κ3) is 3.99. The molecule has 1 rings (SSSR count). The first-order chi connectivity index (χ1) is 8.30. The average molecular weight is 261 g/mol. The predicted octanol–water partition coefficient (Wildman–Crippen LogP) is 3.35. The highest BCUT2D eigenvalue weighted by Gasteiger charge is 2.30. The third-order valence-corrected chi connectivity index (χ3v) is 3.05. The molecule has 0 bridgehead atoms. The van der Waals surface area contributed by atoms with Crippen LogP contribution in [0.2, 0.25) is 0 Å². The van der Waals surface area contributed by atoms with Gasteiger partial charge < -0.3 is 10.5 Å². The minimum absolute atomic E-state index is 0.264. The van der Waals surface area contributed by atoms with E-state index in [9.17, 15) is 13.2 Å². The van der Waals surface area contributed by atoms with Crippen molar-refractivity contribution in [2.75, 3.05) is 6.54 Å². The third-order valence-electron chi connectivity index (χ3n) is 3.05. The standard InChI is InChI=1S/C13H18F3NO/c1-3-12(2,9-17)18-8-10-4-6-11(7-5-10)13(14,15)16/h4-7H,3,8-9,17H2,1-2H3. The zero-order valence-corrected chi connectivity index (χ0v) is 10.6. The first kappa shape index (κ1) is 15.0. The molecule has 0 saturated heterocycles. The molecule has 1 aromatic carbocycles. The smallest absolute Gasteiger partial charge is 0.369 e. The lowest BCUT2D eigenvalue weighted by Gasteiger charge is -2.27. The first-order valence-electron chi connectivity index (χ1n) is 5.81. The maximum atomic E-state index is 12.4. The largest absolute Gasteiger partial charge is 0.416 e. The van der Waals surface area contributed by atoms with Crippen molar-refractivity contribution in [2.45, 2.75) is 38.7 Å². The van der Waals surface area contributed by atoms with E-state index in [1.165, 1.54) is 12.1 Å². The summed E-state index contributed by atoms with van der Waals surface area (Å²) in [5, 5.41) is 0. The summed E-state index contributed by atoms with van der Waals surface area (Å²) in [6.45, 7) is 4.49. The van der Waals surface area contributed by atoms with E-state index in [0.29, 0.717) is 12.1 Å². The van der Waals surface area contributed by atoms with E-state index in [-0.39, 0.29) is 6.61 Å². The van der Waals surface area contributed by atoms with Crippen molar-refractivity contribution in [1.82, 2.24) is 0 Å². The van der Waals surface area contributed by atoms with Crippen LogP contribution in [0.3, 0.4) is 0 Å². The van der Waals surface area contributed by atoms with Gasteiger partial charge in [-0.1, -0.05) is 19.1 Å². The summed E-state index contributed by atoms with van der Waals surface area (Å²) in [5.41, 5.74) is 5.22. The van der Waals surface area contributed by atoms with Crippen LogP contribution in [0.25, 0.3) is 0 Å². The van der Waals surface area contributed by atoms with Gasteiger partial charge in [-0.15, -0.1) is 0 Å². The van der Waals surface area contributed by atoms with Gasteiger partial charge >= 0.3 is 6.18 Å². The number of halogens is 3. The van der Waals surface area contributed by atoms with E-state index in [2.05, 4.69) is 0 Å². The average Bonchev–Trinajstić information content (AvgIpc) is 2.35. The molecule has 102 valence electrons. The number of ether oxygens (including phenoxy) is 1. The minimum atomic E-state index is -4.30. The van der Waals surface area contributed by atoms with Crippen LogP contribution in [0.5, 0.6) is 0 Å². The molecule has 0 aliphatic heterocycles. The van der Waals surface area contributed by atoms with Gasteiger partial charge in [-0.25, -0.2) is 0 Å². The van der Waals surface area contributed by atoms with Crippen molar-refractivity contribution in [3.05, 3.63) is 35.4 Å². The van der Waals surface area contributed by atoms with Crippen molar-refractivity contribution in [2.24, 2.45) is 5.73 Å². The number of alkyl halides is 3. The van der Waals surface area contributed by atoms with Crippen LogP contribution in [0.4, 0.5) is 13.2 Å². The second-order valence-corrected chi connectivity index (χ2v) is 4.49. The Bertz CT molecular complexity index is 369. The Morgan fingerprint density at radius 2 is 1.72 bits per heavy atom. The molecule has 1 unspecified atom stereocenters. The number of hydrogen-bond acceptors (Lipinski definition) is 2. The summed E-state index contributed by atoms with van der Waals surface area (Å²) in [5.74, 6) is 0. The molecule has 0 aromatic heterocycles. The fraction of sp³-hybridized carbons (Fsp3) is 0.538. The molecular weight excluding hydrogens is 243 g/mol. The fourth-order valence-corrected chi connectivity index (χ4v) is 1.35. The molecule has 1 atom stereocenters. The molecule has 0 aliphatic rings. The van der Waals surface area contributed by atoms with Crippen LogP contribution in [0.15, 0.2) is 24.3 Å². The molecule has 2 N–H and O–H groups in total. The molecule has 2 nitrogen and oxygen atoms in total. The van der Waals surface area contributed by atoms with Gasteiger partial charge in [0.2, 0.25) is 0 Å². The van der Waals surface area contributed by atoms with Crippen molar-refractivity contribution in [3.8, 4) is 0 Å². The van der Waals surface area contributed by atoms with Crippen molar-refractivity contribution >= 4 is 0 Å². The Hall–Kier alpha value is -1.07. The summed E-state index contributed by atoms with van der Waals surface area (Å²) < 4.78 is 42.7. The van der Waals surface area contributed by atoms with Crippen LogP contribution >= 0.6 is 0 Å². The summed E-state index contributed by atoms with van der Waals surface area (Å²) in [4.78, 5) is 0. The summed E-state index contributed by atoms with van der Waals surface area (Å²) in [7, 11) is 0. The van der Waals surface area contributed by atoms with Gasteiger partial charge in [0.25, 0.3) is 0 Å². The molecule has 5 heteroatoms. The highest BCUT2D eigenvalue weighted by Crippen LogP contribution is 2.29. The molecule has 0 aliphatic carbocycles. The van der Waals surface area contributed by atoms with Crippen LogP contribution in [0.1, 0.15) is 31.4 Å². The topological polar surface area (TPSA) is 35.2 Å². The van der Waals surface area contributed by atoms with Crippen LogP contribution in [-0.2, 0) is 17.5 Å². The monoisotopic (exact) mass is 261 g/mol. The van der Waals surface area contributed by atoms with Crippen LogP contribution < -0.4 is 5.73 Å². The molecule has 0 saturated carbocycles. The predicted molar refractivity (Wildman–Crippen MR) is 64.0 cm³/mol. The molecule has 0 radical (unpaired) electrons. The molecule has 0 heterocycles. The highest BCUT2D eigenvalue weighted by atomic mass is 19.4. The van der Waals surface area contributed by atoms with Gasteiger partial charge in [0, 0.05) is 6.54 Å². The Kier molecular flexibility index (Phi) is 4.76. The second kappa shape index (κ2) is 5.71. The van der Waals surface area contributed by atoms with E-state index in [1.807, 2.05) is 13.8 Å². The molecular formula is C13H18F3NO. The lowest BCUT2D eigenvalue weighted by molar-refractivity contribution is -0.137. The Morgan fingerprint density at radius 3 is 2.11 bits per heavy atom. The highest BCUT2D eigenvalue weighted by molar-refractivity contribution is 5.24. The molecule has 0 fully saturated rings. The fourth-order valence-electron chi connectivity index (χ4n) is 1.35. The Morgan fingerprint density at radius 1 is 1.17 bits per heavy atom. The Balaban J connectivity index is 2.65. The van der Waals surface area contributed by atoms with Gasteiger partial charge in [0.05, 0.1) is 17.8 Å². The molecule has 18 heavy (non-hydrogen) atoms. The maximum absolute atomic E-state index is 12.4. The first-order valence-corrected chi connectivity index (χ1v) is 5.81. The van der Waals surface area contributed by atoms with E-state index in [1.54, 1.807) is 0 Å². The number of benzene rings is 1. The number of nitrogens with two attached hydrogens (primary N) is 1. The summed E-state index contributed by atoms with van der Waals surface area (Å²) in [6.07, 6.45) is -3.54. The lowest BCUT2D eigenvalue weighted by Crippen LogP contribution is -2.36. The van der Waals surface area contributed by atoms with Crippen LogP contribution in [-0.4, -0.2) is 12.1 Å². The van der Waals surface area contributed by atoms with Gasteiger partial charge in [-0.05, 0) is 31.0 Å². The SMILES string of the molecule is CCC(C)(CN)OCc1ccc(C(F)(F)F)cc1. The molecule has 0 amide bonds. The number of rotatable bonds is 5. The van der Waals surface area contributed by atoms with Gasteiger partial charge in [0.15, 0.2) is 0 Å². The van der Waals surface area contributed by atoms with E-state index in [0.717, 1.165) is 18.6 Å². The van der Waals surface area contributed by atoms with Gasteiger partial charge in [-0.2, -0.15) is 13.2 Å². The van der Waals surface area contributed by atoms with Crippen LogP contribution in [0, 0.1) is 0 Å². The van der Waals surface area contributed by atoms with E-state index < -0.39 is 17.3 Å². The molecule has 1 aromatic rings. The zero-order valence-electron chi connectivity index (χ0n) is 10.6. The second-order valence-electron chi connectivity index (χ2n) is 4.49. The van der Waals surface area contributed by atoms with Gasteiger partial charge in [-0.3, -0.25) is 0 Å². The quantitative estimate of drug-likeness (QED) is 0.882.